The molecule has 2 amide bonds. The molecule has 0 bridgehead atoms. The second kappa shape index (κ2) is 6.72. The van der Waals surface area contributed by atoms with Gasteiger partial charge in [0.25, 0.3) is 0 Å². The van der Waals surface area contributed by atoms with Gasteiger partial charge in [-0.3, -0.25) is 4.79 Å². The van der Waals surface area contributed by atoms with Crippen LogP contribution >= 0.6 is 0 Å². The van der Waals surface area contributed by atoms with Crippen LogP contribution in [-0.2, 0) is 9.53 Å². The van der Waals surface area contributed by atoms with Gasteiger partial charge in [0, 0.05) is 26.2 Å². The third kappa shape index (κ3) is 5.44. The summed E-state index contributed by atoms with van der Waals surface area (Å²) >= 11 is 0. The smallest absolute Gasteiger partial charge is 0.410 e. The summed E-state index contributed by atoms with van der Waals surface area (Å²) in [7, 11) is 0. The summed E-state index contributed by atoms with van der Waals surface area (Å²) in [5, 5.41) is 14.3. The molecule has 1 aliphatic heterocycles. The Balaban J connectivity index is 2.50. The SMILES string of the molecule is CC(C)(C)OC(=O)N1CCNC(C(=O)NCCO)C1. The van der Waals surface area contributed by atoms with Crippen molar-refractivity contribution in [3.05, 3.63) is 0 Å². The first-order valence-electron chi connectivity index (χ1n) is 6.43. The van der Waals surface area contributed by atoms with Crippen molar-refractivity contribution in [2.45, 2.75) is 32.4 Å². The van der Waals surface area contributed by atoms with Gasteiger partial charge >= 0.3 is 6.09 Å². The molecule has 1 atom stereocenters. The van der Waals surface area contributed by atoms with Crippen molar-refractivity contribution in [2.24, 2.45) is 0 Å². The molecule has 0 spiro atoms. The van der Waals surface area contributed by atoms with Crippen LogP contribution in [-0.4, -0.2) is 66.4 Å². The lowest BCUT2D eigenvalue weighted by molar-refractivity contribution is -0.124. The molecule has 1 unspecified atom stereocenters. The van der Waals surface area contributed by atoms with Crippen molar-refractivity contribution < 1.29 is 19.4 Å². The van der Waals surface area contributed by atoms with Crippen LogP contribution in [0.5, 0.6) is 0 Å². The van der Waals surface area contributed by atoms with E-state index in [1.165, 1.54) is 4.90 Å². The molecule has 19 heavy (non-hydrogen) atoms. The Hall–Kier alpha value is -1.34. The number of nitrogens with zero attached hydrogens (tertiary/aromatic N) is 1. The number of carbonyl (C=O) groups is 2. The van der Waals surface area contributed by atoms with Crippen molar-refractivity contribution in [3.8, 4) is 0 Å². The predicted octanol–water partition coefficient (Wildman–Crippen LogP) is -0.696. The minimum atomic E-state index is -0.545. The van der Waals surface area contributed by atoms with Crippen molar-refractivity contribution in [1.29, 1.82) is 0 Å². The van der Waals surface area contributed by atoms with Crippen LogP contribution in [0.15, 0.2) is 0 Å². The summed E-state index contributed by atoms with van der Waals surface area (Å²) < 4.78 is 5.27. The Morgan fingerprint density at radius 2 is 2.16 bits per heavy atom. The molecule has 1 aliphatic rings. The van der Waals surface area contributed by atoms with E-state index in [0.717, 1.165) is 0 Å². The molecule has 1 saturated heterocycles. The van der Waals surface area contributed by atoms with Gasteiger partial charge in [0.05, 0.1) is 6.61 Å². The molecule has 7 heteroatoms. The second-order valence-corrected chi connectivity index (χ2v) is 5.45. The van der Waals surface area contributed by atoms with Gasteiger partial charge in [-0.2, -0.15) is 0 Å². The minimum Gasteiger partial charge on any atom is -0.444 e. The van der Waals surface area contributed by atoms with Gasteiger partial charge in [0.2, 0.25) is 5.91 Å². The number of piperazine rings is 1. The summed E-state index contributed by atoms with van der Waals surface area (Å²) in [5.41, 5.74) is -0.545. The molecule has 1 rings (SSSR count). The average Bonchev–Trinajstić information content (AvgIpc) is 2.34. The molecule has 0 saturated carbocycles. The molecule has 0 radical (unpaired) electrons. The van der Waals surface area contributed by atoms with Gasteiger partial charge in [0.15, 0.2) is 0 Å². The Morgan fingerprint density at radius 3 is 2.74 bits per heavy atom. The van der Waals surface area contributed by atoms with E-state index in [0.29, 0.717) is 13.1 Å². The largest absolute Gasteiger partial charge is 0.444 e. The average molecular weight is 273 g/mol. The molecule has 0 aromatic rings. The highest BCUT2D eigenvalue weighted by Crippen LogP contribution is 2.11. The van der Waals surface area contributed by atoms with E-state index < -0.39 is 17.7 Å². The number of nitrogens with one attached hydrogen (secondary N) is 2. The van der Waals surface area contributed by atoms with Gasteiger partial charge in [-0.25, -0.2) is 4.79 Å². The number of amides is 2. The Kier molecular flexibility index (Phi) is 5.56. The van der Waals surface area contributed by atoms with Gasteiger partial charge in [-0.15, -0.1) is 0 Å². The quantitative estimate of drug-likeness (QED) is 0.633. The molecule has 3 N–H and O–H groups in total. The van der Waals surface area contributed by atoms with E-state index in [1.807, 2.05) is 0 Å². The number of carbonyl (C=O) groups excluding carboxylic acids is 2. The summed E-state index contributed by atoms with van der Waals surface area (Å²) in [6, 6.07) is -0.465. The van der Waals surface area contributed by atoms with Gasteiger partial charge < -0.3 is 25.4 Å². The maximum Gasteiger partial charge on any atom is 0.410 e. The Labute approximate surface area is 113 Å². The second-order valence-electron chi connectivity index (χ2n) is 5.45. The molecule has 1 fully saturated rings. The number of aliphatic hydroxyl groups is 1. The van der Waals surface area contributed by atoms with E-state index in [9.17, 15) is 9.59 Å². The fourth-order valence-electron chi connectivity index (χ4n) is 1.72. The van der Waals surface area contributed by atoms with E-state index in [-0.39, 0.29) is 25.6 Å². The van der Waals surface area contributed by atoms with Crippen LogP contribution in [0.4, 0.5) is 4.79 Å². The summed E-state index contributed by atoms with van der Waals surface area (Å²) in [6.07, 6.45) is -0.408. The Bertz CT molecular complexity index is 327. The normalized spacial score (nSPS) is 20.0. The van der Waals surface area contributed by atoms with Crippen LogP contribution in [0, 0.1) is 0 Å². The fraction of sp³-hybridized carbons (Fsp3) is 0.833. The third-order valence-corrected chi connectivity index (χ3v) is 2.55. The fourth-order valence-corrected chi connectivity index (χ4v) is 1.72. The maximum absolute atomic E-state index is 11.9. The van der Waals surface area contributed by atoms with Crippen molar-refractivity contribution in [2.75, 3.05) is 32.8 Å². The molecule has 1 heterocycles. The number of rotatable bonds is 3. The van der Waals surface area contributed by atoms with Crippen LogP contribution in [0.25, 0.3) is 0 Å². The topological polar surface area (TPSA) is 90.9 Å². The van der Waals surface area contributed by atoms with Crippen LogP contribution in [0.2, 0.25) is 0 Å². The molecular formula is C12H23N3O4. The number of aliphatic hydroxyl groups excluding tert-OH is 1. The Morgan fingerprint density at radius 1 is 1.47 bits per heavy atom. The zero-order valence-electron chi connectivity index (χ0n) is 11.7. The van der Waals surface area contributed by atoms with Crippen LogP contribution < -0.4 is 10.6 Å². The van der Waals surface area contributed by atoms with Crippen LogP contribution in [0.1, 0.15) is 20.8 Å². The maximum atomic E-state index is 11.9. The van der Waals surface area contributed by atoms with Crippen molar-refractivity contribution >= 4 is 12.0 Å². The highest BCUT2D eigenvalue weighted by Gasteiger charge is 2.30. The zero-order valence-corrected chi connectivity index (χ0v) is 11.7. The summed E-state index contributed by atoms with van der Waals surface area (Å²) in [4.78, 5) is 25.2. The van der Waals surface area contributed by atoms with E-state index in [2.05, 4.69) is 10.6 Å². The molecule has 0 aliphatic carbocycles. The molecule has 110 valence electrons. The van der Waals surface area contributed by atoms with E-state index >= 15 is 0 Å². The molecule has 0 aromatic carbocycles. The first kappa shape index (κ1) is 15.7. The van der Waals surface area contributed by atoms with Crippen molar-refractivity contribution in [3.63, 3.8) is 0 Å². The minimum absolute atomic E-state index is 0.103. The molecule has 7 nitrogen and oxygen atoms in total. The van der Waals surface area contributed by atoms with Gasteiger partial charge in [0.1, 0.15) is 11.6 Å². The van der Waals surface area contributed by atoms with E-state index in [4.69, 9.17) is 9.84 Å². The third-order valence-electron chi connectivity index (χ3n) is 2.55. The lowest BCUT2D eigenvalue weighted by Crippen LogP contribution is -2.59. The van der Waals surface area contributed by atoms with Crippen LogP contribution in [0.3, 0.4) is 0 Å². The summed E-state index contributed by atoms with van der Waals surface area (Å²) in [5.74, 6) is -0.220. The molecular weight excluding hydrogens is 250 g/mol. The lowest BCUT2D eigenvalue weighted by atomic mass is 10.2. The number of hydrogen-bond donors (Lipinski definition) is 3. The number of hydrogen-bond acceptors (Lipinski definition) is 5. The zero-order chi connectivity index (χ0) is 14.5. The first-order chi connectivity index (χ1) is 8.83. The van der Waals surface area contributed by atoms with E-state index in [1.54, 1.807) is 20.8 Å². The molecule has 0 aromatic heterocycles. The predicted molar refractivity (Wildman–Crippen MR) is 69.7 cm³/mol. The monoisotopic (exact) mass is 273 g/mol. The number of ether oxygens (including phenoxy) is 1. The first-order valence-corrected chi connectivity index (χ1v) is 6.43. The van der Waals surface area contributed by atoms with Gasteiger partial charge in [-0.1, -0.05) is 0 Å². The highest BCUT2D eigenvalue weighted by molar-refractivity contribution is 5.83. The van der Waals surface area contributed by atoms with Gasteiger partial charge in [-0.05, 0) is 20.8 Å². The van der Waals surface area contributed by atoms with Crippen molar-refractivity contribution in [1.82, 2.24) is 15.5 Å². The summed E-state index contributed by atoms with van der Waals surface area (Å²) in [6.45, 7) is 6.84. The lowest BCUT2D eigenvalue weighted by Gasteiger charge is -2.34. The highest BCUT2D eigenvalue weighted by atomic mass is 16.6. The standard InChI is InChI=1S/C12H23N3O4/c1-12(2,3)19-11(18)15-6-4-13-9(8-15)10(17)14-5-7-16/h9,13,16H,4-8H2,1-3H3,(H,14,17).